The van der Waals surface area contributed by atoms with Crippen molar-refractivity contribution in [1.29, 1.82) is 0 Å². The Morgan fingerprint density at radius 2 is 1.77 bits per heavy atom. The third-order valence-corrected chi connectivity index (χ3v) is 3.47. The SMILES string of the molecule is C[SiH](C)Oc1c(C(=O)OCC(F)(F)F)cccc1C(C)(C)C. The van der Waals surface area contributed by atoms with Crippen molar-refractivity contribution in [2.24, 2.45) is 0 Å². The third kappa shape index (κ3) is 5.36. The number of alkyl halides is 3. The largest absolute Gasteiger partial charge is 0.546 e. The zero-order chi connectivity index (χ0) is 17.1. The lowest BCUT2D eigenvalue weighted by Crippen LogP contribution is -2.23. The molecule has 0 aliphatic carbocycles. The Kier molecular flexibility index (Phi) is 5.67. The molecule has 0 radical (unpaired) electrons. The van der Waals surface area contributed by atoms with Crippen molar-refractivity contribution >= 4 is 15.0 Å². The lowest BCUT2D eigenvalue weighted by molar-refractivity contribution is -0.161. The van der Waals surface area contributed by atoms with Crippen LogP contribution in [0.4, 0.5) is 13.2 Å². The van der Waals surface area contributed by atoms with Gasteiger partial charge in [0.25, 0.3) is 0 Å². The molecule has 1 aromatic rings. The highest BCUT2D eigenvalue weighted by molar-refractivity contribution is 6.49. The Morgan fingerprint density at radius 3 is 2.23 bits per heavy atom. The molecule has 0 spiro atoms. The maximum Gasteiger partial charge on any atom is 0.422 e. The summed E-state index contributed by atoms with van der Waals surface area (Å²) in [5.41, 5.74) is 0.506. The number of esters is 1. The number of benzene rings is 1. The van der Waals surface area contributed by atoms with Crippen LogP contribution < -0.4 is 4.43 Å². The average molecular weight is 334 g/mol. The fourth-order valence-corrected chi connectivity index (χ4v) is 2.60. The monoisotopic (exact) mass is 334 g/mol. The first kappa shape index (κ1) is 18.5. The van der Waals surface area contributed by atoms with E-state index in [1.54, 1.807) is 6.07 Å². The van der Waals surface area contributed by atoms with E-state index in [1.165, 1.54) is 6.07 Å². The normalized spacial score (nSPS) is 12.4. The van der Waals surface area contributed by atoms with Gasteiger partial charge in [0.05, 0.1) is 0 Å². The van der Waals surface area contributed by atoms with Gasteiger partial charge in [-0.3, -0.25) is 0 Å². The average Bonchev–Trinajstić information content (AvgIpc) is 2.33. The summed E-state index contributed by atoms with van der Waals surface area (Å²) in [5.74, 6) is -0.683. The van der Waals surface area contributed by atoms with Crippen LogP contribution in [-0.4, -0.2) is 27.8 Å². The van der Waals surface area contributed by atoms with E-state index in [-0.39, 0.29) is 11.0 Å². The molecular formula is C15H21F3O3Si. The first-order valence-electron chi connectivity index (χ1n) is 6.96. The lowest BCUT2D eigenvalue weighted by atomic mass is 9.85. The van der Waals surface area contributed by atoms with Gasteiger partial charge in [0.1, 0.15) is 11.3 Å². The Bertz CT molecular complexity index is 534. The van der Waals surface area contributed by atoms with Crippen LogP contribution in [0, 0.1) is 0 Å². The van der Waals surface area contributed by atoms with E-state index >= 15 is 0 Å². The summed E-state index contributed by atoms with van der Waals surface area (Å²) in [5, 5.41) is 0. The molecule has 0 aliphatic heterocycles. The quantitative estimate of drug-likeness (QED) is 0.615. The Hall–Kier alpha value is -1.50. The van der Waals surface area contributed by atoms with Gasteiger partial charge in [-0.1, -0.05) is 32.9 Å². The minimum atomic E-state index is -4.55. The van der Waals surface area contributed by atoms with Crippen LogP contribution in [0.2, 0.25) is 13.1 Å². The lowest BCUT2D eigenvalue weighted by Gasteiger charge is -2.25. The molecule has 7 heteroatoms. The standard InChI is InChI=1S/C15H21F3O3Si/c1-14(2,3)11-8-6-7-10(12(11)21-22(4)5)13(19)20-9-15(16,17)18/h6-8,22H,9H2,1-5H3. The number of ether oxygens (including phenoxy) is 1. The summed E-state index contributed by atoms with van der Waals surface area (Å²) in [7, 11) is -1.55. The van der Waals surface area contributed by atoms with Gasteiger partial charge in [-0.25, -0.2) is 4.79 Å². The first-order chi connectivity index (χ1) is 9.92. The van der Waals surface area contributed by atoms with Crippen LogP contribution in [0.5, 0.6) is 5.75 Å². The summed E-state index contributed by atoms with van der Waals surface area (Å²) < 4.78 is 46.8. The highest BCUT2D eigenvalue weighted by atomic mass is 28.3. The number of halogens is 3. The molecule has 124 valence electrons. The van der Waals surface area contributed by atoms with E-state index in [9.17, 15) is 18.0 Å². The van der Waals surface area contributed by atoms with Crippen LogP contribution in [0.3, 0.4) is 0 Å². The number of hydrogen-bond donors (Lipinski definition) is 0. The van der Waals surface area contributed by atoms with Crippen molar-refractivity contribution in [3.63, 3.8) is 0 Å². The molecule has 22 heavy (non-hydrogen) atoms. The maximum atomic E-state index is 12.2. The predicted octanol–water partition coefficient (Wildman–Crippen LogP) is 4.07. The number of carbonyl (C=O) groups is 1. The minimum absolute atomic E-state index is 0.0397. The maximum absolute atomic E-state index is 12.2. The van der Waals surface area contributed by atoms with Crippen molar-refractivity contribution < 1.29 is 27.1 Å². The summed E-state index contributed by atoms with van der Waals surface area (Å²) in [4.78, 5) is 12.0. The van der Waals surface area contributed by atoms with Gasteiger partial charge < -0.3 is 9.16 Å². The zero-order valence-corrected chi connectivity index (χ0v) is 14.5. The van der Waals surface area contributed by atoms with Crippen molar-refractivity contribution in [3.05, 3.63) is 29.3 Å². The fraction of sp³-hybridized carbons (Fsp3) is 0.533. The van der Waals surface area contributed by atoms with E-state index < -0.39 is 27.8 Å². The van der Waals surface area contributed by atoms with Gasteiger partial charge in [-0.2, -0.15) is 13.2 Å². The second-order valence-electron chi connectivity index (χ2n) is 6.29. The second-order valence-corrected chi connectivity index (χ2v) is 8.62. The van der Waals surface area contributed by atoms with E-state index in [2.05, 4.69) is 4.74 Å². The molecule has 0 N–H and O–H groups in total. The predicted molar refractivity (Wildman–Crippen MR) is 81.0 cm³/mol. The number of hydrogen-bond acceptors (Lipinski definition) is 3. The van der Waals surface area contributed by atoms with Gasteiger partial charge in [-0.15, -0.1) is 0 Å². The van der Waals surface area contributed by atoms with Gasteiger partial charge in [0.15, 0.2) is 6.61 Å². The smallest absolute Gasteiger partial charge is 0.422 e. The summed E-state index contributed by atoms with van der Waals surface area (Å²) in [6, 6.07) is 4.87. The van der Waals surface area contributed by atoms with E-state index in [1.807, 2.05) is 39.9 Å². The Balaban J connectivity index is 3.20. The summed E-state index contributed by atoms with van der Waals surface area (Å²) in [6.45, 7) is 8.07. The Morgan fingerprint density at radius 1 is 1.18 bits per heavy atom. The van der Waals surface area contributed by atoms with Crippen LogP contribution in [-0.2, 0) is 10.2 Å². The van der Waals surface area contributed by atoms with Crippen molar-refractivity contribution in [2.45, 2.75) is 45.5 Å². The van der Waals surface area contributed by atoms with E-state index in [0.717, 1.165) is 5.56 Å². The van der Waals surface area contributed by atoms with E-state index in [4.69, 9.17) is 4.43 Å². The van der Waals surface area contributed by atoms with Crippen LogP contribution in [0.15, 0.2) is 18.2 Å². The molecule has 0 amide bonds. The van der Waals surface area contributed by atoms with Crippen LogP contribution in [0.1, 0.15) is 36.7 Å². The minimum Gasteiger partial charge on any atom is -0.546 e. The molecule has 0 saturated heterocycles. The second kappa shape index (κ2) is 6.72. The Labute approximate surface area is 130 Å². The van der Waals surface area contributed by atoms with Crippen molar-refractivity contribution in [2.75, 3.05) is 6.61 Å². The molecule has 0 aromatic heterocycles. The van der Waals surface area contributed by atoms with Crippen LogP contribution in [0.25, 0.3) is 0 Å². The number of para-hydroxylation sites is 1. The molecule has 0 unspecified atom stereocenters. The molecule has 3 nitrogen and oxygen atoms in total. The summed E-state index contributed by atoms with van der Waals surface area (Å²) >= 11 is 0. The highest BCUT2D eigenvalue weighted by Gasteiger charge is 2.31. The molecule has 0 fully saturated rings. The molecule has 0 saturated carbocycles. The topological polar surface area (TPSA) is 35.5 Å². The summed E-state index contributed by atoms with van der Waals surface area (Å²) in [6.07, 6.45) is -4.55. The fourth-order valence-electron chi connectivity index (χ4n) is 1.88. The number of rotatable bonds is 4. The van der Waals surface area contributed by atoms with Crippen molar-refractivity contribution in [3.8, 4) is 5.75 Å². The molecule has 0 heterocycles. The van der Waals surface area contributed by atoms with Gasteiger partial charge in [0, 0.05) is 0 Å². The molecule has 0 bridgehead atoms. The highest BCUT2D eigenvalue weighted by Crippen LogP contribution is 2.35. The first-order valence-corrected chi connectivity index (χ1v) is 9.74. The molecular weight excluding hydrogens is 313 g/mol. The molecule has 0 aliphatic rings. The number of carbonyl (C=O) groups excluding carboxylic acids is 1. The van der Waals surface area contributed by atoms with Crippen molar-refractivity contribution in [1.82, 2.24) is 0 Å². The zero-order valence-electron chi connectivity index (χ0n) is 13.4. The van der Waals surface area contributed by atoms with Gasteiger partial charge in [0.2, 0.25) is 9.04 Å². The molecule has 0 atom stereocenters. The third-order valence-electron chi connectivity index (χ3n) is 2.76. The van der Waals surface area contributed by atoms with Gasteiger partial charge >= 0.3 is 12.1 Å². The van der Waals surface area contributed by atoms with E-state index in [0.29, 0.717) is 5.75 Å². The van der Waals surface area contributed by atoms with Crippen LogP contribution >= 0.6 is 0 Å². The molecule has 1 aromatic carbocycles. The van der Waals surface area contributed by atoms with Gasteiger partial charge in [-0.05, 0) is 30.1 Å². The molecule has 1 rings (SSSR count).